The van der Waals surface area contributed by atoms with E-state index in [9.17, 15) is 0 Å². The molecular weight excluding hydrogens is 268 g/mol. The number of hydrogen-bond acceptors (Lipinski definition) is 1. The van der Waals surface area contributed by atoms with Gasteiger partial charge in [-0.2, -0.15) is 0 Å². The SMILES string of the molecule is CC.CC.CC(C)CC(C)C1(C)C=CC(OC(C)(C)C)=CC1. The van der Waals surface area contributed by atoms with Crippen LogP contribution in [0.4, 0.5) is 0 Å². The molecule has 132 valence electrons. The predicted molar refractivity (Wildman–Crippen MR) is 102 cm³/mol. The first kappa shape index (κ1) is 23.5. The number of ether oxygens (including phenoxy) is 1. The lowest BCUT2D eigenvalue weighted by atomic mass is 9.70. The third kappa shape index (κ3) is 9.33. The summed E-state index contributed by atoms with van der Waals surface area (Å²) in [5.74, 6) is 2.50. The van der Waals surface area contributed by atoms with E-state index in [1.165, 1.54) is 6.42 Å². The van der Waals surface area contributed by atoms with Crippen LogP contribution in [0.5, 0.6) is 0 Å². The highest BCUT2D eigenvalue weighted by molar-refractivity contribution is 5.22. The average Bonchev–Trinajstić information content (AvgIpc) is 2.44. The lowest BCUT2D eigenvalue weighted by Crippen LogP contribution is -2.27. The van der Waals surface area contributed by atoms with Crippen molar-refractivity contribution in [3.8, 4) is 0 Å². The lowest BCUT2D eigenvalue weighted by Gasteiger charge is -2.36. The Kier molecular flexibility index (Phi) is 11.7. The summed E-state index contributed by atoms with van der Waals surface area (Å²) in [5, 5.41) is 0. The maximum atomic E-state index is 5.91. The van der Waals surface area contributed by atoms with E-state index in [2.05, 4.69) is 66.7 Å². The minimum Gasteiger partial charge on any atom is -0.489 e. The largest absolute Gasteiger partial charge is 0.489 e. The quantitative estimate of drug-likeness (QED) is 0.526. The summed E-state index contributed by atoms with van der Waals surface area (Å²) in [4.78, 5) is 0. The molecule has 0 fully saturated rings. The molecule has 1 rings (SSSR count). The number of rotatable bonds is 4. The summed E-state index contributed by atoms with van der Waals surface area (Å²) >= 11 is 0. The second-order valence-corrected chi connectivity index (χ2v) is 7.39. The van der Waals surface area contributed by atoms with Crippen LogP contribution in [-0.4, -0.2) is 5.60 Å². The van der Waals surface area contributed by atoms with Gasteiger partial charge in [-0.05, 0) is 63.0 Å². The average molecular weight is 311 g/mol. The predicted octanol–water partition coefficient (Wildman–Crippen LogP) is 7.39. The molecule has 0 saturated heterocycles. The fourth-order valence-electron chi connectivity index (χ4n) is 2.50. The molecule has 1 aliphatic rings. The number of allylic oxidation sites excluding steroid dienone is 3. The first-order valence-corrected chi connectivity index (χ1v) is 9.21. The summed E-state index contributed by atoms with van der Waals surface area (Å²) in [6.07, 6.45) is 9.13. The molecule has 0 amide bonds. The molecular formula is C21H42O. The molecule has 0 aromatic carbocycles. The van der Waals surface area contributed by atoms with E-state index in [4.69, 9.17) is 4.74 Å². The topological polar surface area (TPSA) is 9.23 Å². The highest BCUT2D eigenvalue weighted by Gasteiger charge is 2.30. The highest BCUT2D eigenvalue weighted by Crippen LogP contribution is 2.40. The molecule has 1 aliphatic carbocycles. The third-order valence-corrected chi connectivity index (χ3v) is 3.75. The van der Waals surface area contributed by atoms with Gasteiger partial charge >= 0.3 is 0 Å². The molecule has 0 N–H and O–H groups in total. The van der Waals surface area contributed by atoms with Gasteiger partial charge in [0, 0.05) is 0 Å². The van der Waals surface area contributed by atoms with Gasteiger partial charge in [0.05, 0.1) is 0 Å². The minimum atomic E-state index is -0.104. The Bertz CT molecular complexity index is 330. The van der Waals surface area contributed by atoms with Crippen molar-refractivity contribution < 1.29 is 4.74 Å². The first-order chi connectivity index (χ1) is 10.1. The van der Waals surface area contributed by atoms with Crippen LogP contribution in [-0.2, 0) is 4.74 Å². The minimum absolute atomic E-state index is 0.104. The zero-order valence-corrected chi connectivity index (χ0v) is 17.2. The van der Waals surface area contributed by atoms with Crippen LogP contribution >= 0.6 is 0 Å². The molecule has 0 heterocycles. The van der Waals surface area contributed by atoms with Crippen LogP contribution in [0.2, 0.25) is 0 Å². The van der Waals surface area contributed by atoms with Gasteiger partial charge in [0.1, 0.15) is 11.4 Å². The van der Waals surface area contributed by atoms with Crippen LogP contribution in [0.1, 0.15) is 89.0 Å². The Labute approximate surface area is 141 Å². The molecule has 1 heteroatoms. The van der Waals surface area contributed by atoms with Gasteiger partial charge in [-0.1, -0.05) is 61.5 Å². The summed E-state index contributed by atoms with van der Waals surface area (Å²) in [6, 6.07) is 0. The Hall–Kier alpha value is -0.720. The van der Waals surface area contributed by atoms with Gasteiger partial charge in [0.25, 0.3) is 0 Å². The fraction of sp³-hybridized carbons (Fsp3) is 0.810. The van der Waals surface area contributed by atoms with Gasteiger partial charge in [0.2, 0.25) is 0 Å². The van der Waals surface area contributed by atoms with E-state index < -0.39 is 0 Å². The van der Waals surface area contributed by atoms with Crippen LogP contribution in [0, 0.1) is 17.3 Å². The second kappa shape index (κ2) is 10.9. The van der Waals surface area contributed by atoms with Crippen LogP contribution in [0.15, 0.2) is 24.0 Å². The Morgan fingerprint density at radius 1 is 1.09 bits per heavy atom. The van der Waals surface area contributed by atoms with E-state index in [0.717, 1.165) is 18.1 Å². The second-order valence-electron chi connectivity index (χ2n) is 7.39. The molecule has 2 atom stereocenters. The summed E-state index contributed by atoms with van der Waals surface area (Å²) in [5.41, 5.74) is 0.183. The van der Waals surface area contributed by atoms with Gasteiger partial charge in [-0.15, -0.1) is 0 Å². The van der Waals surface area contributed by atoms with E-state index >= 15 is 0 Å². The fourth-order valence-corrected chi connectivity index (χ4v) is 2.50. The number of hydrogen-bond donors (Lipinski definition) is 0. The van der Waals surface area contributed by atoms with E-state index in [-0.39, 0.29) is 11.0 Å². The van der Waals surface area contributed by atoms with E-state index in [0.29, 0.717) is 5.92 Å². The molecule has 0 spiro atoms. The van der Waals surface area contributed by atoms with Crippen molar-refractivity contribution in [2.45, 2.75) is 94.6 Å². The molecule has 0 aromatic rings. The first-order valence-electron chi connectivity index (χ1n) is 9.21. The maximum Gasteiger partial charge on any atom is 0.115 e. The van der Waals surface area contributed by atoms with E-state index in [1.807, 2.05) is 27.7 Å². The van der Waals surface area contributed by atoms with Gasteiger partial charge < -0.3 is 4.74 Å². The molecule has 0 aromatic heterocycles. The molecule has 0 saturated carbocycles. The Balaban J connectivity index is 0. The molecule has 1 nitrogen and oxygen atoms in total. The standard InChI is InChI=1S/C17H30O.2C2H6/c1-13(2)12-14(3)17(7)10-8-15(9-11-17)18-16(4,5)6;2*1-2/h8-10,13-14H,11-12H2,1-7H3;2*1-2H3. The van der Waals surface area contributed by atoms with Crippen LogP contribution in [0.3, 0.4) is 0 Å². The summed E-state index contributed by atoms with van der Waals surface area (Å²) < 4.78 is 5.91. The smallest absolute Gasteiger partial charge is 0.115 e. The van der Waals surface area contributed by atoms with Gasteiger partial charge in [-0.3, -0.25) is 0 Å². The van der Waals surface area contributed by atoms with Crippen molar-refractivity contribution in [3.63, 3.8) is 0 Å². The summed E-state index contributed by atoms with van der Waals surface area (Å²) in [7, 11) is 0. The van der Waals surface area contributed by atoms with Gasteiger partial charge in [0.15, 0.2) is 0 Å². The Morgan fingerprint density at radius 3 is 1.91 bits per heavy atom. The zero-order valence-electron chi connectivity index (χ0n) is 17.2. The highest BCUT2D eigenvalue weighted by atomic mass is 16.5. The van der Waals surface area contributed by atoms with Crippen molar-refractivity contribution >= 4 is 0 Å². The van der Waals surface area contributed by atoms with Crippen molar-refractivity contribution in [2.24, 2.45) is 17.3 Å². The molecule has 0 aliphatic heterocycles. The zero-order chi connectivity index (χ0) is 18.0. The molecule has 22 heavy (non-hydrogen) atoms. The van der Waals surface area contributed by atoms with Crippen LogP contribution < -0.4 is 0 Å². The van der Waals surface area contributed by atoms with Crippen LogP contribution in [0.25, 0.3) is 0 Å². The van der Waals surface area contributed by atoms with Crippen molar-refractivity contribution in [3.05, 3.63) is 24.0 Å². The van der Waals surface area contributed by atoms with Crippen molar-refractivity contribution in [2.75, 3.05) is 0 Å². The molecule has 0 radical (unpaired) electrons. The molecule has 2 unspecified atom stereocenters. The van der Waals surface area contributed by atoms with Gasteiger partial charge in [-0.25, -0.2) is 0 Å². The van der Waals surface area contributed by atoms with Crippen molar-refractivity contribution in [1.82, 2.24) is 0 Å². The normalized spacial score (nSPS) is 21.9. The lowest BCUT2D eigenvalue weighted by molar-refractivity contribution is 0.0567. The summed E-state index contributed by atoms with van der Waals surface area (Å²) in [6.45, 7) is 23.6. The Morgan fingerprint density at radius 2 is 1.59 bits per heavy atom. The van der Waals surface area contributed by atoms with E-state index in [1.54, 1.807) is 0 Å². The monoisotopic (exact) mass is 310 g/mol. The third-order valence-electron chi connectivity index (χ3n) is 3.75. The maximum absolute atomic E-state index is 5.91. The molecule has 0 bridgehead atoms. The van der Waals surface area contributed by atoms with Crippen molar-refractivity contribution in [1.29, 1.82) is 0 Å².